The number of ether oxygens (including phenoxy) is 21. The monoisotopic (exact) mass is 2180 g/mol. The number of aliphatic hydroxyl groups is 29. The fourth-order valence-electron chi connectivity index (χ4n) is 19.1. The second kappa shape index (κ2) is 53.7. The molecule has 37 N–H and O–H groups in total. The smallest absolute Gasteiger partial charge is 0.364 e. The van der Waals surface area contributed by atoms with Crippen LogP contribution in [0.4, 0.5) is 0 Å². The molecule has 0 aromatic rings. The van der Waals surface area contributed by atoms with Gasteiger partial charge in [-0.2, -0.15) is 0 Å². The molecule has 0 bridgehead atoms. The summed E-state index contributed by atoms with van der Waals surface area (Å²) in [7, 11) is 0. The van der Waals surface area contributed by atoms with Crippen LogP contribution in [0.2, 0.25) is 0 Å². The number of amides is 7. The summed E-state index contributed by atoms with van der Waals surface area (Å²) < 4.78 is 127. The van der Waals surface area contributed by atoms with Crippen molar-refractivity contribution in [1.82, 2.24) is 37.2 Å². The fourth-order valence-corrected chi connectivity index (χ4v) is 19.1. The van der Waals surface area contributed by atoms with Gasteiger partial charge in [0.25, 0.3) is 5.79 Å². The molecule has 11 saturated heterocycles. The van der Waals surface area contributed by atoms with Gasteiger partial charge in [-0.1, -0.05) is 0 Å². The maximum absolute atomic E-state index is 13.4. The van der Waals surface area contributed by atoms with Gasteiger partial charge in [-0.05, 0) is 0 Å². The van der Waals surface area contributed by atoms with E-state index in [1.807, 2.05) is 0 Å². The van der Waals surface area contributed by atoms with E-state index in [9.17, 15) is 192 Å². The molecule has 0 radical (unpaired) electrons. The molecule has 0 spiro atoms. The molecular weight excluding hydrogens is 2040 g/mol. The average molecular weight is 2180 g/mol. The molecule has 11 aliphatic heterocycles. The highest BCUT2D eigenvalue weighted by atomic mass is 16.8. The van der Waals surface area contributed by atoms with Crippen LogP contribution in [0.5, 0.6) is 0 Å². The van der Waals surface area contributed by atoms with E-state index in [0.717, 1.165) is 48.5 Å². The van der Waals surface area contributed by atoms with Gasteiger partial charge in [-0.25, -0.2) is 4.79 Å². The molecule has 11 fully saturated rings. The second-order valence-corrected chi connectivity index (χ2v) is 37.5. The SMILES string of the molecule is CC(=O)N[C@@H]1[C@@H](O)[C@H](O[C@@H]2O[C@H](CO)[C@@H](O[C@@H]3O[C@H](CO[C@H]4O[C@H](CO[C@@H]5O[C@H](CO)[C@@H](O)[C@H](O)[C@H]5NC(C)=O)[C@@H](O)[C@H](O)[C@@H]4O[C@@H]4O[C@H](CO)[C@@H](O)[C@H](O)[C@H]4NC(C)=O)[C@@H](O)[C@H](O[C@H]4O[C@H](CO)[C@@H](O[C@@H]5O[C@H](CO)[C@@H](O[C@@H]6O[C@H](CO[C@]7(C(=O)O)C[C@H](O)[C@@H](NC(C)=O)[C@H]([C@H](O)[C@H](O)CO)O7)[C@H](O)[C@H](O)[C@H]6O)[C@H](O)[C@H]5NC(C)=O)[C@H](O)[C@@H]4O[C@@H]4O[C@H](CO)[C@@H](O)[C@H](O)[C@H]4NC(C)=O)[C@@H]3O)[C@H](O)[C@H]2NC(C)=O)[C@@H](CO)O[C@H]1O. The summed E-state index contributed by atoms with van der Waals surface area (Å²) in [6, 6.07) is -13.3. The third-order valence-corrected chi connectivity index (χ3v) is 26.7. The van der Waals surface area contributed by atoms with Gasteiger partial charge < -0.3 is 290 Å². The quantitative estimate of drug-likeness (QED) is 0.0270. The van der Waals surface area contributed by atoms with E-state index in [1.54, 1.807) is 0 Å². The largest absolute Gasteiger partial charge is 0.477 e. The normalized spacial score (nSPS) is 46.2. The first-order valence-electron chi connectivity index (χ1n) is 47.2. The highest BCUT2D eigenvalue weighted by Gasteiger charge is 2.64. The van der Waals surface area contributed by atoms with Crippen LogP contribution in [0.15, 0.2) is 0 Å². The van der Waals surface area contributed by atoms with Crippen LogP contribution >= 0.6 is 0 Å². The van der Waals surface area contributed by atoms with E-state index in [0.29, 0.717) is 0 Å². The van der Waals surface area contributed by atoms with Crippen LogP contribution in [0.25, 0.3) is 0 Å². The molecule has 0 aromatic carbocycles. The number of rotatable bonds is 41. The number of carboxylic acids is 1. The number of aliphatic hydroxyl groups excluding tert-OH is 29. The average Bonchev–Trinajstić information content (AvgIpc) is 0.761. The van der Waals surface area contributed by atoms with Crippen LogP contribution in [0.1, 0.15) is 54.9 Å². The van der Waals surface area contributed by atoms with Gasteiger partial charge in [0.2, 0.25) is 41.4 Å². The number of hydrogen-bond acceptors (Lipinski definition) is 58. The molecule has 56 atom stereocenters. The number of nitrogens with one attached hydrogen (secondary N) is 7. The van der Waals surface area contributed by atoms with Crippen molar-refractivity contribution in [3.8, 4) is 0 Å². The fraction of sp³-hybridized carbons (Fsp3) is 0.904. The maximum atomic E-state index is 13.4. The van der Waals surface area contributed by atoms with Crippen molar-refractivity contribution in [2.24, 2.45) is 0 Å². The Kier molecular flexibility index (Phi) is 44.3. The van der Waals surface area contributed by atoms with Crippen LogP contribution in [-0.4, -0.2) is 616 Å². The zero-order valence-corrected chi connectivity index (χ0v) is 80.5. The lowest BCUT2D eigenvalue weighted by Crippen LogP contribution is -2.71. The summed E-state index contributed by atoms with van der Waals surface area (Å²) in [6.07, 6.45) is -109. The summed E-state index contributed by atoms with van der Waals surface area (Å²) in [5, 5.41) is 358. The summed E-state index contributed by atoms with van der Waals surface area (Å²) in [5.74, 6) is -11.9. The number of aliphatic carboxylic acids is 1. The van der Waals surface area contributed by atoms with Crippen LogP contribution < -0.4 is 37.2 Å². The van der Waals surface area contributed by atoms with Crippen molar-refractivity contribution in [1.29, 1.82) is 0 Å². The number of carbonyl (C=O) groups excluding carboxylic acids is 7. The molecule has 11 rings (SSSR count). The van der Waals surface area contributed by atoms with E-state index in [-0.39, 0.29) is 0 Å². The third-order valence-electron chi connectivity index (χ3n) is 26.7. The second-order valence-electron chi connectivity index (χ2n) is 37.5. The van der Waals surface area contributed by atoms with Crippen molar-refractivity contribution in [2.45, 2.75) is 398 Å². The van der Waals surface area contributed by atoms with Gasteiger partial charge in [0, 0.05) is 54.9 Å². The summed E-state index contributed by atoms with van der Waals surface area (Å²) in [5.41, 5.74) is 0. The Hall–Kier alpha value is -6.24. The van der Waals surface area contributed by atoms with E-state index in [1.165, 1.54) is 0 Å². The van der Waals surface area contributed by atoms with Crippen molar-refractivity contribution in [3.63, 3.8) is 0 Å². The van der Waals surface area contributed by atoms with Gasteiger partial charge in [-0.15, -0.1) is 0 Å². The summed E-state index contributed by atoms with van der Waals surface area (Å²) >= 11 is 0. The highest BCUT2D eigenvalue weighted by Crippen LogP contribution is 2.43. The zero-order valence-electron chi connectivity index (χ0n) is 80.5. The topological polar surface area (TPSA) is 1020 Å². The molecule has 11 heterocycles. The molecule has 0 aromatic heterocycles. The Morgan fingerprint density at radius 2 is 0.564 bits per heavy atom. The zero-order chi connectivity index (χ0) is 110. The first kappa shape index (κ1) is 123. The van der Waals surface area contributed by atoms with E-state index in [2.05, 4.69) is 37.2 Å². The predicted octanol–water partition coefficient (Wildman–Crippen LogP) is -24.8. The van der Waals surface area contributed by atoms with Crippen LogP contribution in [0.3, 0.4) is 0 Å². The lowest BCUT2D eigenvalue weighted by Gasteiger charge is -2.52. The Balaban J connectivity index is 0.962. The molecule has 858 valence electrons. The highest BCUT2D eigenvalue weighted by molar-refractivity contribution is 5.77. The van der Waals surface area contributed by atoms with E-state index < -0.39 is 469 Å². The van der Waals surface area contributed by atoms with Gasteiger partial charge in [0.1, 0.15) is 262 Å². The Bertz CT molecular complexity index is 4300. The minimum Gasteiger partial charge on any atom is -0.477 e. The van der Waals surface area contributed by atoms with Crippen LogP contribution in [0, 0.1) is 0 Å². The molecule has 0 aliphatic carbocycles. The lowest BCUT2D eigenvalue weighted by molar-refractivity contribution is -0.404. The van der Waals surface area contributed by atoms with Crippen molar-refractivity contribution in [3.05, 3.63) is 0 Å². The third kappa shape index (κ3) is 28.1. The molecular formula is C83H137N7O59. The number of carbonyl (C=O) groups is 8. The summed E-state index contributed by atoms with van der Waals surface area (Å²) in [4.78, 5) is 103. The Morgan fingerprint density at radius 3 is 0.973 bits per heavy atom. The van der Waals surface area contributed by atoms with Gasteiger partial charge in [0.15, 0.2) is 62.9 Å². The number of carboxylic acid groups (broad SMARTS) is 1. The van der Waals surface area contributed by atoms with Gasteiger partial charge in [-0.3, -0.25) is 33.6 Å². The van der Waals surface area contributed by atoms with Crippen molar-refractivity contribution >= 4 is 47.3 Å². The van der Waals surface area contributed by atoms with E-state index >= 15 is 0 Å². The standard InChI is InChI=1S/C83H137N7O59/c1-20(99)84-39-27(106)8-83(82(127)128,149-68(39)46(108)28(107)9-91)131-19-38-50(112)59(121)61(123)78(140-38)144-65-33(14-96)137-77(45(57(65)119)90-26(7)105)143-67-35(16-98)138-81(71(62(67)124)148-75-43(88-24(5)103)55(117)49(111)31(12-94)135-75)146-69-52(114)37(139-79(63(69)125)145-66-34(15-97)136-76(44(58(66)120)89-25(6)104)142-64-32(13-95)132-72(126)40(56(64)118)85-21(2)100)18-130-80-70(147-74-42(87-23(4)102)54(116)48(110)30(11-93)134-74)60(122)51(113)36(141-80)17-129-73-41(86-22(3)101)53(115)47(109)29(10-92)133-73/h27-81,91-98,106-126H,8-19H2,1-7H3,(H,84,99)(H,85,100)(H,86,101)(H,87,102)(H,88,103)(H,89,104)(H,90,105)(H,127,128)/t27-,28+,29+,30+,31+,32+,33+,34+,35+,36+,37+,38+,39+,40+,41+,42+,43+,44+,45+,46+,47+,48+,49+,50-,51+,52+,53+,54+,55+,56+,57+,58+,59-,60-,61+,62-,63-,64+,65+,66+,67+,68+,69-,70-,71-,72+,73+,74-,75-,76-,77-,78-,79-,80-,81+,83+/m0/s1. The lowest BCUT2D eigenvalue weighted by atomic mass is 9.88. The minimum absolute atomic E-state index is 0.842. The van der Waals surface area contributed by atoms with Crippen LogP contribution in [-0.2, 0) is 138 Å². The molecule has 66 nitrogen and oxygen atoms in total. The Labute approximate surface area is 843 Å². The predicted molar refractivity (Wildman–Crippen MR) is 461 cm³/mol. The molecule has 11 aliphatic rings. The minimum atomic E-state index is -3.14. The van der Waals surface area contributed by atoms with Gasteiger partial charge >= 0.3 is 5.97 Å². The summed E-state index contributed by atoms with van der Waals surface area (Å²) in [6.45, 7) is -6.89. The van der Waals surface area contributed by atoms with E-state index in [4.69, 9.17) is 99.5 Å². The Morgan fingerprint density at radius 1 is 0.275 bits per heavy atom. The first-order chi connectivity index (χ1) is 70.3. The molecule has 7 amide bonds. The molecule has 0 saturated carbocycles. The molecule has 66 heteroatoms. The maximum Gasteiger partial charge on any atom is 0.364 e. The van der Waals surface area contributed by atoms with Crippen molar-refractivity contribution in [2.75, 3.05) is 72.7 Å². The van der Waals surface area contributed by atoms with Crippen molar-refractivity contribution < 1.29 is 291 Å². The molecule has 149 heavy (non-hydrogen) atoms. The first-order valence-corrected chi connectivity index (χ1v) is 47.2. The van der Waals surface area contributed by atoms with Gasteiger partial charge in [0.05, 0.1) is 84.8 Å². The number of hydrogen-bond donors (Lipinski definition) is 37. The molecule has 0 unspecified atom stereocenters.